The van der Waals surface area contributed by atoms with Crippen molar-refractivity contribution < 1.29 is 0 Å². The van der Waals surface area contributed by atoms with Gasteiger partial charge in [0.25, 0.3) is 0 Å². The summed E-state index contributed by atoms with van der Waals surface area (Å²) in [7, 11) is 0. The van der Waals surface area contributed by atoms with E-state index in [0.717, 1.165) is 39.5 Å². The van der Waals surface area contributed by atoms with Gasteiger partial charge >= 0.3 is 0 Å². The Hall–Kier alpha value is -2.34. The van der Waals surface area contributed by atoms with Crippen LogP contribution in [-0.2, 0) is 0 Å². The SMILES string of the molecule is CCC1N=C(c2ccccc2)c2nc(Br)ccc2-n2cnnc21. The van der Waals surface area contributed by atoms with E-state index in [1.165, 1.54) is 0 Å². The summed E-state index contributed by atoms with van der Waals surface area (Å²) in [5, 5.41) is 8.35. The van der Waals surface area contributed by atoms with Crippen molar-refractivity contribution in [3.05, 3.63) is 70.5 Å². The first kappa shape index (κ1) is 14.3. The topological polar surface area (TPSA) is 56.0 Å². The van der Waals surface area contributed by atoms with Crippen LogP contribution in [0.3, 0.4) is 0 Å². The molecule has 3 aromatic rings. The largest absolute Gasteiger partial charge is 0.281 e. The standard InChI is InChI=1S/C17H14BrN5/c1-2-12-17-22-19-10-23(17)13-8-9-14(18)21-16(13)15(20-12)11-6-4-3-5-7-11/h3-10,12H,2H2,1H3. The number of halogens is 1. The predicted octanol–water partition coefficient (Wildman–Crippen LogP) is 3.73. The minimum atomic E-state index is -0.0410. The average Bonchev–Trinajstić information content (AvgIpc) is 3.01. The lowest BCUT2D eigenvalue weighted by Gasteiger charge is -2.10. The lowest BCUT2D eigenvalue weighted by molar-refractivity contribution is 0.641. The van der Waals surface area contributed by atoms with Gasteiger partial charge in [-0.25, -0.2) is 4.98 Å². The van der Waals surface area contributed by atoms with E-state index < -0.39 is 0 Å². The van der Waals surface area contributed by atoms with Gasteiger partial charge in [-0.05, 0) is 34.5 Å². The first-order valence-corrected chi connectivity index (χ1v) is 8.27. The van der Waals surface area contributed by atoms with Crippen LogP contribution in [-0.4, -0.2) is 25.5 Å². The van der Waals surface area contributed by atoms with E-state index in [0.29, 0.717) is 0 Å². The van der Waals surface area contributed by atoms with E-state index >= 15 is 0 Å². The maximum absolute atomic E-state index is 4.97. The van der Waals surface area contributed by atoms with Crippen LogP contribution in [0.4, 0.5) is 0 Å². The van der Waals surface area contributed by atoms with Gasteiger partial charge in [0.2, 0.25) is 0 Å². The molecule has 0 bridgehead atoms. The van der Waals surface area contributed by atoms with E-state index in [1.54, 1.807) is 6.33 Å². The van der Waals surface area contributed by atoms with Crippen molar-refractivity contribution in [1.82, 2.24) is 19.7 Å². The lowest BCUT2D eigenvalue weighted by Crippen LogP contribution is -2.09. The second kappa shape index (κ2) is 5.70. The molecule has 2 aromatic heterocycles. The Kier molecular flexibility index (Phi) is 3.53. The number of aromatic nitrogens is 4. The second-order valence-corrected chi connectivity index (χ2v) is 6.14. The monoisotopic (exact) mass is 367 g/mol. The number of pyridine rings is 1. The lowest BCUT2D eigenvalue weighted by atomic mass is 10.1. The highest BCUT2D eigenvalue weighted by Crippen LogP contribution is 2.30. The molecule has 3 heterocycles. The highest BCUT2D eigenvalue weighted by atomic mass is 79.9. The van der Waals surface area contributed by atoms with Crippen molar-refractivity contribution in [2.75, 3.05) is 0 Å². The molecule has 114 valence electrons. The summed E-state index contributed by atoms with van der Waals surface area (Å²) in [4.78, 5) is 9.66. The van der Waals surface area contributed by atoms with Crippen LogP contribution < -0.4 is 0 Å². The van der Waals surface area contributed by atoms with Gasteiger partial charge in [0.15, 0.2) is 5.82 Å². The molecule has 0 N–H and O–H groups in total. The Morgan fingerprint density at radius 1 is 1.13 bits per heavy atom. The van der Waals surface area contributed by atoms with Crippen molar-refractivity contribution in [1.29, 1.82) is 0 Å². The number of hydrogen-bond acceptors (Lipinski definition) is 4. The summed E-state index contributed by atoms with van der Waals surface area (Å²) in [6.45, 7) is 2.11. The molecule has 1 aliphatic rings. The molecular formula is C17H14BrN5. The number of rotatable bonds is 2. The van der Waals surface area contributed by atoms with Gasteiger partial charge < -0.3 is 0 Å². The van der Waals surface area contributed by atoms with E-state index in [2.05, 4.69) is 50.2 Å². The predicted molar refractivity (Wildman–Crippen MR) is 92.0 cm³/mol. The van der Waals surface area contributed by atoms with Gasteiger partial charge in [0.05, 0.1) is 11.4 Å². The zero-order chi connectivity index (χ0) is 15.8. The first-order valence-electron chi connectivity index (χ1n) is 7.48. The van der Waals surface area contributed by atoms with Gasteiger partial charge in [0.1, 0.15) is 22.7 Å². The molecule has 1 unspecified atom stereocenters. The van der Waals surface area contributed by atoms with Crippen LogP contribution >= 0.6 is 15.9 Å². The fourth-order valence-electron chi connectivity index (χ4n) is 2.81. The molecule has 0 amide bonds. The molecule has 0 saturated carbocycles. The fraction of sp³-hybridized carbons (Fsp3) is 0.176. The Balaban J connectivity index is 2.03. The minimum Gasteiger partial charge on any atom is -0.281 e. The third kappa shape index (κ3) is 2.39. The zero-order valence-electron chi connectivity index (χ0n) is 12.5. The Morgan fingerprint density at radius 2 is 1.96 bits per heavy atom. The van der Waals surface area contributed by atoms with E-state index in [1.807, 2.05) is 34.9 Å². The number of hydrogen-bond donors (Lipinski definition) is 0. The Morgan fingerprint density at radius 3 is 2.74 bits per heavy atom. The summed E-state index contributed by atoms with van der Waals surface area (Å²) >= 11 is 3.47. The van der Waals surface area contributed by atoms with Gasteiger partial charge in [-0.1, -0.05) is 37.3 Å². The maximum atomic E-state index is 4.97. The van der Waals surface area contributed by atoms with Crippen molar-refractivity contribution in [2.45, 2.75) is 19.4 Å². The smallest absolute Gasteiger partial charge is 0.162 e. The van der Waals surface area contributed by atoms with Gasteiger partial charge in [-0.3, -0.25) is 9.56 Å². The molecule has 1 aromatic carbocycles. The molecule has 5 nitrogen and oxygen atoms in total. The molecule has 1 atom stereocenters. The molecule has 1 aliphatic heterocycles. The maximum Gasteiger partial charge on any atom is 0.162 e. The third-order valence-corrected chi connectivity index (χ3v) is 4.36. The quantitative estimate of drug-likeness (QED) is 0.648. The molecular weight excluding hydrogens is 354 g/mol. The summed E-state index contributed by atoms with van der Waals surface area (Å²) in [5.41, 5.74) is 3.73. The molecule has 0 aliphatic carbocycles. The highest BCUT2D eigenvalue weighted by molar-refractivity contribution is 9.10. The zero-order valence-corrected chi connectivity index (χ0v) is 14.1. The normalized spacial score (nSPS) is 16.3. The molecule has 0 radical (unpaired) electrons. The fourth-order valence-corrected chi connectivity index (χ4v) is 3.12. The van der Waals surface area contributed by atoms with Crippen LogP contribution in [0.25, 0.3) is 5.69 Å². The van der Waals surface area contributed by atoms with E-state index in [-0.39, 0.29) is 6.04 Å². The van der Waals surface area contributed by atoms with E-state index in [9.17, 15) is 0 Å². The number of nitrogens with zero attached hydrogens (tertiary/aromatic N) is 5. The van der Waals surface area contributed by atoms with Gasteiger partial charge in [-0.15, -0.1) is 10.2 Å². The van der Waals surface area contributed by atoms with Crippen molar-refractivity contribution in [3.8, 4) is 5.69 Å². The third-order valence-electron chi connectivity index (χ3n) is 3.91. The van der Waals surface area contributed by atoms with Crippen molar-refractivity contribution in [2.24, 2.45) is 4.99 Å². The molecule has 4 rings (SSSR count). The average molecular weight is 368 g/mol. The van der Waals surface area contributed by atoms with Crippen LogP contribution in [0.15, 0.2) is 58.4 Å². The van der Waals surface area contributed by atoms with Crippen LogP contribution in [0.2, 0.25) is 0 Å². The van der Waals surface area contributed by atoms with Gasteiger partial charge in [0, 0.05) is 5.56 Å². The Bertz CT molecular complexity index is 885. The number of aliphatic imine (C=N–C) groups is 1. The molecule has 0 saturated heterocycles. The van der Waals surface area contributed by atoms with Crippen molar-refractivity contribution >= 4 is 21.6 Å². The summed E-state index contributed by atoms with van der Waals surface area (Å²) in [6, 6.07) is 14.1. The van der Waals surface area contributed by atoms with Crippen LogP contribution in [0.1, 0.15) is 36.5 Å². The number of benzene rings is 1. The van der Waals surface area contributed by atoms with Crippen molar-refractivity contribution in [3.63, 3.8) is 0 Å². The summed E-state index contributed by atoms with van der Waals surface area (Å²) in [5.74, 6) is 0.851. The second-order valence-electron chi connectivity index (χ2n) is 5.33. The molecule has 23 heavy (non-hydrogen) atoms. The Labute approximate surface area is 142 Å². The summed E-state index contributed by atoms with van der Waals surface area (Å²) in [6.07, 6.45) is 2.58. The van der Waals surface area contributed by atoms with Crippen LogP contribution in [0.5, 0.6) is 0 Å². The molecule has 6 heteroatoms. The minimum absolute atomic E-state index is 0.0410. The highest BCUT2D eigenvalue weighted by Gasteiger charge is 2.26. The summed E-state index contributed by atoms with van der Waals surface area (Å²) < 4.78 is 2.77. The molecule has 0 spiro atoms. The van der Waals surface area contributed by atoms with Crippen LogP contribution in [0, 0.1) is 0 Å². The van der Waals surface area contributed by atoms with E-state index in [4.69, 9.17) is 4.99 Å². The molecule has 0 fully saturated rings. The van der Waals surface area contributed by atoms with Gasteiger partial charge in [-0.2, -0.15) is 0 Å². The number of fused-ring (bicyclic) bond motifs is 3. The first-order chi connectivity index (χ1) is 11.3.